The van der Waals surface area contributed by atoms with E-state index in [4.69, 9.17) is 10.2 Å². The number of nitrogens with two attached hydrogens (primary N) is 1. The molecule has 5 heteroatoms. The number of carbonyl (C=O) groups excluding carboxylic acids is 1. The third-order valence-corrected chi connectivity index (χ3v) is 8.03. The van der Waals surface area contributed by atoms with Crippen LogP contribution < -0.4 is 5.73 Å². The van der Waals surface area contributed by atoms with Crippen LogP contribution in [0, 0.1) is 5.41 Å². The van der Waals surface area contributed by atoms with E-state index in [2.05, 4.69) is 33.9 Å². The molecule has 0 saturated carbocycles. The molecule has 0 aliphatic rings. The SMILES string of the molecule is CC(C)(CO)C(O[Si](C)(C)C(C)(C)C)C(N)=O. The molecular formula is C12H27NO3Si. The summed E-state index contributed by atoms with van der Waals surface area (Å²) in [7, 11) is -2.07. The number of carbonyl (C=O) groups is 1. The Morgan fingerprint density at radius 1 is 1.29 bits per heavy atom. The maximum Gasteiger partial charge on any atom is 0.245 e. The molecule has 102 valence electrons. The molecule has 0 saturated heterocycles. The van der Waals surface area contributed by atoms with Crippen LogP contribution in [-0.2, 0) is 9.22 Å². The van der Waals surface area contributed by atoms with Crippen molar-refractivity contribution in [3.8, 4) is 0 Å². The molecule has 4 nitrogen and oxygen atoms in total. The van der Waals surface area contributed by atoms with Gasteiger partial charge in [-0.2, -0.15) is 0 Å². The first-order valence-electron chi connectivity index (χ1n) is 5.93. The van der Waals surface area contributed by atoms with Gasteiger partial charge >= 0.3 is 0 Å². The predicted octanol–water partition coefficient (Wildman–Crippen LogP) is 1.88. The van der Waals surface area contributed by atoms with Crippen LogP contribution in [-0.4, -0.2) is 32.0 Å². The van der Waals surface area contributed by atoms with Crippen molar-refractivity contribution in [3.05, 3.63) is 0 Å². The Labute approximate surface area is 106 Å². The van der Waals surface area contributed by atoms with Gasteiger partial charge in [0.25, 0.3) is 0 Å². The molecule has 0 aromatic heterocycles. The fourth-order valence-corrected chi connectivity index (χ4v) is 2.54. The average Bonchev–Trinajstić information content (AvgIpc) is 2.11. The minimum Gasteiger partial charge on any atom is -0.404 e. The third kappa shape index (κ3) is 4.08. The molecule has 0 rings (SSSR count). The quantitative estimate of drug-likeness (QED) is 0.742. The lowest BCUT2D eigenvalue weighted by molar-refractivity contribution is -0.132. The number of aliphatic hydroxyl groups is 1. The molecule has 1 amide bonds. The summed E-state index contributed by atoms with van der Waals surface area (Å²) in [4.78, 5) is 11.5. The standard InChI is InChI=1S/C12H27NO3Si/c1-11(2,3)17(6,7)16-9(10(13)15)12(4,5)8-14/h9,14H,8H2,1-7H3,(H2,13,15). The number of amides is 1. The van der Waals surface area contributed by atoms with Crippen molar-refractivity contribution in [1.29, 1.82) is 0 Å². The number of aliphatic hydroxyl groups excluding tert-OH is 1. The summed E-state index contributed by atoms with van der Waals surface area (Å²) >= 11 is 0. The molecule has 0 aromatic carbocycles. The van der Waals surface area contributed by atoms with Gasteiger partial charge in [0.15, 0.2) is 8.32 Å². The highest BCUT2D eigenvalue weighted by Gasteiger charge is 2.44. The van der Waals surface area contributed by atoms with Crippen LogP contribution in [0.3, 0.4) is 0 Å². The van der Waals surface area contributed by atoms with Crippen LogP contribution >= 0.6 is 0 Å². The molecule has 1 unspecified atom stereocenters. The lowest BCUT2D eigenvalue weighted by Crippen LogP contribution is -2.53. The Morgan fingerprint density at radius 3 is 1.94 bits per heavy atom. The van der Waals surface area contributed by atoms with E-state index < -0.39 is 25.7 Å². The summed E-state index contributed by atoms with van der Waals surface area (Å²) in [5.41, 5.74) is 4.74. The molecule has 17 heavy (non-hydrogen) atoms. The molecule has 1 atom stereocenters. The van der Waals surface area contributed by atoms with Gasteiger partial charge in [-0.25, -0.2) is 0 Å². The maximum absolute atomic E-state index is 11.5. The van der Waals surface area contributed by atoms with Crippen LogP contribution in [0.5, 0.6) is 0 Å². The van der Waals surface area contributed by atoms with E-state index in [0.29, 0.717) is 0 Å². The summed E-state index contributed by atoms with van der Waals surface area (Å²) in [5, 5.41) is 9.35. The molecule has 0 heterocycles. The molecule has 0 aliphatic heterocycles. The molecule has 0 aliphatic carbocycles. The van der Waals surface area contributed by atoms with Crippen molar-refractivity contribution in [2.75, 3.05) is 6.61 Å². The van der Waals surface area contributed by atoms with E-state index in [-0.39, 0.29) is 11.6 Å². The Hall–Kier alpha value is -0.393. The minimum absolute atomic E-state index is 0.00619. The predicted molar refractivity (Wildman–Crippen MR) is 72.1 cm³/mol. The number of primary amides is 1. The highest BCUT2D eigenvalue weighted by molar-refractivity contribution is 6.74. The zero-order valence-corrected chi connectivity index (χ0v) is 13.1. The van der Waals surface area contributed by atoms with Gasteiger partial charge in [0.1, 0.15) is 6.10 Å². The van der Waals surface area contributed by atoms with Crippen LogP contribution in [0.15, 0.2) is 0 Å². The van der Waals surface area contributed by atoms with Crippen molar-refractivity contribution in [2.24, 2.45) is 11.1 Å². The number of rotatable bonds is 5. The second-order valence-electron chi connectivity index (χ2n) is 6.81. The van der Waals surface area contributed by atoms with E-state index in [1.54, 1.807) is 13.8 Å². The zero-order chi connectivity index (χ0) is 14.1. The first-order chi connectivity index (χ1) is 7.35. The van der Waals surface area contributed by atoms with Crippen LogP contribution in [0.4, 0.5) is 0 Å². The molecule has 0 spiro atoms. The summed E-state index contributed by atoms with van der Waals surface area (Å²) in [5.74, 6) is -0.506. The molecule has 0 aromatic rings. The lowest BCUT2D eigenvalue weighted by Gasteiger charge is -2.42. The van der Waals surface area contributed by atoms with Gasteiger partial charge in [-0.1, -0.05) is 34.6 Å². The van der Waals surface area contributed by atoms with Gasteiger partial charge in [-0.05, 0) is 18.1 Å². The first kappa shape index (κ1) is 16.6. The van der Waals surface area contributed by atoms with Crippen LogP contribution in [0.25, 0.3) is 0 Å². The Bertz CT molecular complexity index is 282. The molecule has 0 radical (unpaired) electrons. The smallest absolute Gasteiger partial charge is 0.245 e. The normalized spacial score (nSPS) is 15.8. The molecular weight excluding hydrogens is 234 g/mol. The minimum atomic E-state index is -2.07. The first-order valence-corrected chi connectivity index (χ1v) is 8.84. The Kier molecular flexibility index (Phi) is 4.96. The van der Waals surface area contributed by atoms with E-state index in [1.807, 2.05) is 0 Å². The van der Waals surface area contributed by atoms with E-state index in [1.165, 1.54) is 0 Å². The van der Waals surface area contributed by atoms with Gasteiger partial charge < -0.3 is 15.3 Å². The molecule has 0 fully saturated rings. The molecule has 0 bridgehead atoms. The topological polar surface area (TPSA) is 72.6 Å². The van der Waals surface area contributed by atoms with Gasteiger partial charge in [-0.15, -0.1) is 0 Å². The zero-order valence-electron chi connectivity index (χ0n) is 12.1. The fraction of sp³-hybridized carbons (Fsp3) is 0.917. The summed E-state index contributed by atoms with van der Waals surface area (Å²) < 4.78 is 6.02. The largest absolute Gasteiger partial charge is 0.404 e. The van der Waals surface area contributed by atoms with E-state index in [9.17, 15) is 9.90 Å². The lowest BCUT2D eigenvalue weighted by atomic mass is 9.87. The number of hydrogen-bond donors (Lipinski definition) is 2. The summed E-state index contributed by atoms with van der Waals surface area (Å²) in [6, 6.07) is 0. The van der Waals surface area contributed by atoms with Crippen molar-refractivity contribution in [2.45, 2.75) is 58.9 Å². The van der Waals surface area contributed by atoms with Crippen LogP contribution in [0.2, 0.25) is 18.1 Å². The summed E-state index contributed by atoms with van der Waals surface area (Å²) in [6.45, 7) is 13.9. The second-order valence-corrected chi connectivity index (χ2v) is 11.6. The average molecular weight is 261 g/mol. The third-order valence-electron chi connectivity index (χ3n) is 3.59. The Balaban J connectivity index is 5.11. The monoisotopic (exact) mass is 261 g/mol. The maximum atomic E-state index is 11.5. The van der Waals surface area contributed by atoms with Gasteiger partial charge in [0.2, 0.25) is 5.91 Å². The highest BCUT2D eigenvalue weighted by Crippen LogP contribution is 2.39. The van der Waals surface area contributed by atoms with E-state index in [0.717, 1.165) is 0 Å². The molecule has 3 N–H and O–H groups in total. The van der Waals surface area contributed by atoms with Gasteiger partial charge in [-0.3, -0.25) is 4.79 Å². The van der Waals surface area contributed by atoms with Crippen LogP contribution in [0.1, 0.15) is 34.6 Å². The Morgan fingerprint density at radius 2 is 1.71 bits per heavy atom. The second kappa shape index (κ2) is 5.08. The van der Waals surface area contributed by atoms with Crippen molar-refractivity contribution >= 4 is 14.2 Å². The van der Waals surface area contributed by atoms with Crippen molar-refractivity contribution in [1.82, 2.24) is 0 Å². The van der Waals surface area contributed by atoms with Gasteiger partial charge in [0.05, 0.1) is 6.61 Å². The number of hydrogen-bond acceptors (Lipinski definition) is 3. The van der Waals surface area contributed by atoms with Gasteiger partial charge in [0, 0.05) is 5.41 Å². The van der Waals surface area contributed by atoms with Crippen molar-refractivity contribution < 1.29 is 14.3 Å². The fourth-order valence-electron chi connectivity index (χ4n) is 1.16. The highest BCUT2D eigenvalue weighted by atomic mass is 28.4. The van der Waals surface area contributed by atoms with Crippen molar-refractivity contribution in [3.63, 3.8) is 0 Å². The van der Waals surface area contributed by atoms with E-state index >= 15 is 0 Å². The summed E-state index contributed by atoms with van der Waals surface area (Å²) in [6.07, 6.45) is -0.742.